The highest BCUT2D eigenvalue weighted by Crippen LogP contribution is 2.16. The van der Waals surface area contributed by atoms with Crippen molar-refractivity contribution in [3.05, 3.63) is 0 Å². The average molecular weight is 977 g/mol. The largest absolute Gasteiger partial charge is 0.377 e. The Bertz CT molecular complexity index is 1480. The van der Waals surface area contributed by atoms with Crippen LogP contribution in [0.3, 0.4) is 0 Å². The number of carbonyl (C=O) groups excluding carboxylic acids is 10. The van der Waals surface area contributed by atoms with Gasteiger partial charge in [0.1, 0.15) is 30.6 Å². The molecule has 0 unspecified atom stereocenters. The van der Waals surface area contributed by atoms with Crippen molar-refractivity contribution in [2.45, 2.75) is 123 Å². The van der Waals surface area contributed by atoms with E-state index in [-0.39, 0.29) is 161 Å². The molecule has 0 bridgehead atoms. The van der Waals surface area contributed by atoms with E-state index >= 15 is 0 Å². The van der Waals surface area contributed by atoms with Crippen LogP contribution in [0, 0.1) is 5.92 Å². The van der Waals surface area contributed by atoms with Crippen molar-refractivity contribution >= 4 is 69.7 Å². The van der Waals surface area contributed by atoms with Crippen molar-refractivity contribution in [1.29, 1.82) is 0 Å². The summed E-state index contributed by atoms with van der Waals surface area (Å²) in [5, 5.41) is 13.5. The molecule has 0 saturated heterocycles. The van der Waals surface area contributed by atoms with Crippen LogP contribution in [0.1, 0.15) is 111 Å². The molecule has 67 heavy (non-hydrogen) atoms. The van der Waals surface area contributed by atoms with Crippen LogP contribution in [0.2, 0.25) is 0 Å². The molecule has 0 rings (SSSR count). The van der Waals surface area contributed by atoms with Crippen LogP contribution in [-0.4, -0.2) is 161 Å². The summed E-state index contributed by atoms with van der Waals surface area (Å²) in [5.74, 6) is -2.34. The van der Waals surface area contributed by atoms with Crippen LogP contribution in [-0.2, 0) is 66.9 Å². The van der Waals surface area contributed by atoms with Gasteiger partial charge in [-0.25, -0.2) is 0 Å². The number of ether oxygens (including phenoxy) is 4. The Labute approximate surface area is 399 Å². The second-order valence-electron chi connectivity index (χ2n) is 15.6. The molecule has 0 aromatic rings. The topological polar surface area (TPSA) is 346 Å². The molecule has 386 valence electrons. The summed E-state index contributed by atoms with van der Waals surface area (Å²) in [6.07, 6.45) is 7.24. The number of thioether (sulfide) groups is 1. The Morgan fingerprint density at radius 2 is 1.07 bits per heavy atom. The number of ketones is 3. The van der Waals surface area contributed by atoms with Gasteiger partial charge < -0.3 is 57.4 Å². The molecule has 11 N–H and O–H groups in total. The Morgan fingerprint density at radius 1 is 0.552 bits per heavy atom. The first kappa shape index (κ1) is 64.7. The molecule has 0 aliphatic carbocycles. The number of nitrogens with one attached hydrogen (secondary N) is 5. The number of carbonyl (C=O) groups is 10. The SMILES string of the molecule is CC(=O)SCC(=O)NCCCC[C@H](CC(=O)CCCC(=O)NCCOCCOCC(=O)NCCOCCOCC(=O)NCCCC[C@H](N)C(N)=O)C(C)=O.CCCC[C@H](NCC(C)=O)C(N)=O. The number of amides is 6. The molecule has 23 heteroatoms. The molecule has 0 aromatic carbocycles. The highest BCUT2D eigenvalue weighted by Gasteiger charge is 2.19. The third-order valence-corrected chi connectivity index (χ3v) is 10.2. The van der Waals surface area contributed by atoms with Crippen LogP contribution in [0.4, 0.5) is 0 Å². The molecule has 6 amide bonds. The van der Waals surface area contributed by atoms with E-state index in [0.717, 1.165) is 24.6 Å². The minimum Gasteiger partial charge on any atom is -0.377 e. The van der Waals surface area contributed by atoms with Gasteiger partial charge in [0, 0.05) is 58.3 Å². The lowest BCUT2D eigenvalue weighted by molar-refractivity contribution is -0.127. The minimum atomic E-state index is -0.671. The van der Waals surface area contributed by atoms with Gasteiger partial charge in [0.05, 0.1) is 64.0 Å². The van der Waals surface area contributed by atoms with Crippen LogP contribution in [0.15, 0.2) is 0 Å². The van der Waals surface area contributed by atoms with E-state index in [1.165, 1.54) is 20.8 Å². The predicted octanol–water partition coefficient (Wildman–Crippen LogP) is -0.506. The van der Waals surface area contributed by atoms with E-state index in [1.807, 2.05) is 6.92 Å². The van der Waals surface area contributed by atoms with Gasteiger partial charge in [-0.1, -0.05) is 37.9 Å². The van der Waals surface area contributed by atoms with Crippen molar-refractivity contribution in [3.63, 3.8) is 0 Å². The zero-order valence-electron chi connectivity index (χ0n) is 40.2. The normalized spacial score (nSPS) is 12.1. The van der Waals surface area contributed by atoms with Crippen molar-refractivity contribution in [1.82, 2.24) is 26.6 Å². The summed E-state index contributed by atoms with van der Waals surface area (Å²) < 4.78 is 21.2. The second kappa shape index (κ2) is 44.1. The number of hydrogen-bond donors (Lipinski definition) is 8. The summed E-state index contributed by atoms with van der Waals surface area (Å²) in [5.41, 5.74) is 15.8. The zero-order valence-corrected chi connectivity index (χ0v) is 41.0. The molecular weight excluding hydrogens is 897 g/mol. The molecule has 0 heterocycles. The van der Waals surface area contributed by atoms with E-state index in [9.17, 15) is 47.9 Å². The first-order valence-electron chi connectivity index (χ1n) is 23.0. The maximum atomic E-state index is 12.4. The molecule has 0 radical (unpaired) electrons. The van der Waals surface area contributed by atoms with Gasteiger partial charge in [0.25, 0.3) is 0 Å². The van der Waals surface area contributed by atoms with Gasteiger partial charge >= 0.3 is 0 Å². The molecular formula is C44H80N8O14S. The fourth-order valence-corrected chi connectivity index (χ4v) is 6.03. The lowest BCUT2D eigenvalue weighted by atomic mass is 9.91. The average Bonchev–Trinajstić information content (AvgIpc) is 3.26. The highest BCUT2D eigenvalue weighted by molar-refractivity contribution is 8.14. The molecule has 3 atom stereocenters. The molecule has 0 saturated carbocycles. The Kier molecular flexibility index (Phi) is 42.6. The number of primary amides is 2. The molecule has 22 nitrogen and oxygen atoms in total. The first-order valence-corrected chi connectivity index (χ1v) is 24.0. The fourth-order valence-electron chi connectivity index (χ4n) is 5.60. The van der Waals surface area contributed by atoms with Crippen LogP contribution >= 0.6 is 11.8 Å². The quantitative estimate of drug-likeness (QED) is 0.0357. The molecule has 0 aliphatic rings. The Hall–Kier alpha value is -4.39. The van der Waals surface area contributed by atoms with Gasteiger partial charge in [-0.2, -0.15) is 0 Å². The second-order valence-corrected chi connectivity index (χ2v) is 16.7. The van der Waals surface area contributed by atoms with Crippen LogP contribution in [0.25, 0.3) is 0 Å². The standard InChI is InChI=1S/C35H62N6O12S.C9H18N2O2/c1-26(42)28(8-3-5-13-39-34(48)25-54-27(2)43)22-29(44)9-7-11-31(45)40-14-16-50-18-21-53-24-33(47)41-15-17-51-19-20-52-23-32(46)38-12-6-4-10-30(36)35(37)49;1-3-4-5-8(9(10)13)11-6-7(2)12/h28,30H,3-25,36H2,1-2H3,(H2,37,49)(H,38,46)(H,39,48)(H,40,45)(H,41,47);8,11H,3-6H2,1-2H3,(H2,10,13)/t28-,30+;8-/m10/s1. The third-order valence-electron chi connectivity index (χ3n) is 9.38. The molecule has 0 spiro atoms. The van der Waals surface area contributed by atoms with E-state index in [2.05, 4.69) is 26.6 Å². The van der Waals surface area contributed by atoms with Crippen LogP contribution < -0.4 is 43.8 Å². The van der Waals surface area contributed by atoms with Gasteiger partial charge in [-0.15, -0.1) is 0 Å². The summed E-state index contributed by atoms with van der Waals surface area (Å²) in [6, 6.07) is -1.03. The highest BCUT2D eigenvalue weighted by atomic mass is 32.2. The van der Waals surface area contributed by atoms with E-state index in [0.29, 0.717) is 64.5 Å². The number of unbranched alkanes of at least 4 members (excludes halogenated alkanes) is 3. The summed E-state index contributed by atoms with van der Waals surface area (Å²) in [6.45, 7) is 9.20. The smallest absolute Gasteiger partial charge is 0.246 e. The summed E-state index contributed by atoms with van der Waals surface area (Å²) >= 11 is 0.947. The number of hydrogen-bond acceptors (Lipinski definition) is 17. The first-order chi connectivity index (χ1) is 31.9. The van der Waals surface area contributed by atoms with Gasteiger partial charge in [-0.05, 0) is 58.8 Å². The third kappa shape index (κ3) is 45.2. The van der Waals surface area contributed by atoms with Crippen molar-refractivity contribution < 1.29 is 66.9 Å². The van der Waals surface area contributed by atoms with Crippen molar-refractivity contribution in [3.8, 4) is 0 Å². The lowest BCUT2D eigenvalue weighted by Gasteiger charge is -2.13. The minimum absolute atomic E-state index is 0.0164. The van der Waals surface area contributed by atoms with E-state index < -0.39 is 11.9 Å². The van der Waals surface area contributed by atoms with Crippen molar-refractivity contribution in [2.24, 2.45) is 23.1 Å². The fraction of sp³-hybridized carbons (Fsp3) is 0.773. The van der Waals surface area contributed by atoms with E-state index in [1.54, 1.807) is 0 Å². The van der Waals surface area contributed by atoms with Gasteiger partial charge in [0.2, 0.25) is 35.4 Å². The van der Waals surface area contributed by atoms with Gasteiger partial charge in [-0.3, -0.25) is 53.3 Å². The molecule has 0 aliphatic heterocycles. The number of nitrogens with two attached hydrogens (primary N) is 3. The molecule has 0 aromatic heterocycles. The maximum Gasteiger partial charge on any atom is 0.246 e. The lowest BCUT2D eigenvalue weighted by Crippen LogP contribution is -2.43. The summed E-state index contributed by atoms with van der Waals surface area (Å²) in [7, 11) is 0. The van der Waals surface area contributed by atoms with Gasteiger partial charge in [0.15, 0.2) is 5.12 Å². The predicted molar refractivity (Wildman–Crippen MR) is 252 cm³/mol. The van der Waals surface area contributed by atoms with Crippen molar-refractivity contribution in [2.75, 3.05) is 91.3 Å². The number of rotatable bonds is 43. The summed E-state index contributed by atoms with van der Waals surface area (Å²) in [4.78, 5) is 115. The van der Waals surface area contributed by atoms with Crippen LogP contribution in [0.5, 0.6) is 0 Å². The zero-order chi connectivity index (χ0) is 50.7. The monoisotopic (exact) mass is 977 g/mol. The van der Waals surface area contributed by atoms with E-state index in [4.69, 9.17) is 36.1 Å². The Balaban J connectivity index is 0. The maximum absolute atomic E-state index is 12.4. The number of Topliss-reactive ketones (excluding diaryl/α,β-unsaturated/α-hetero) is 3. The Morgan fingerprint density at radius 3 is 1.58 bits per heavy atom. The molecule has 0 fully saturated rings.